The second kappa shape index (κ2) is 3.43. The van der Waals surface area contributed by atoms with Crippen LogP contribution >= 0.6 is 0 Å². The van der Waals surface area contributed by atoms with Gasteiger partial charge in [0.2, 0.25) is 0 Å². The Kier molecular flexibility index (Phi) is 2.53. The van der Waals surface area contributed by atoms with Gasteiger partial charge in [0, 0.05) is 12.7 Å². The minimum Gasteiger partial charge on any atom is -0.477 e. The summed E-state index contributed by atoms with van der Waals surface area (Å²) >= 11 is 0. The maximum atomic E-state index is 10.8. The lowest BCUT2D eigenvalue weighted by molar-refractivity contribution is 0.0684. The Labute approximate surface area is 71.6 Å². The molecule has 0 fully saturated rings. The molecule has 0 aliphatic carbocycles. The summed E-state index contributed by atoms with van der Waals surface area (Å²) in [6.45, 7) is 4.62. The molecule has 0 saturated heterocycles. The van der Waals surface area contributed by atoms with Crippen LogP contribution in [0, 0.1) is 6.92 Å². The number of aryl methyl sites for hydroxylation is 2. The molecule has 66 valence electrons. The molecular formula is C9H13NO2. The van der Waals surface area contributed by atoms with Crippen molar-refractivity contribution in [3.8, 4) is 0 Å². The molecule has 0 amide bonds. The zero-order valence-corrected chi connectivity index (χ0v) is 7.37. The van der Waals surface area contributed by atoms with Gasteiger partial charge in [0.05, 0.1) is 0 Å². The van der Waals surface area contributed by atoms with E-state index < -0.39 is 5.97 Å². The first-order valence-electron chi connectivity index (χ1n) is 4.05. The van der Waals surface area contributed by atoms with Crippen molar-refractivity contribution >= 4 is 5.97 Å². The SMILES string of the molecule is CCCn1ccc(C)c1C(=O)O. The van der Waals surface area contributed by atoms with E-state index in [1.807, 2.05) is 26.1 Å². The summed E-state index contributed by atoms with van der Waals surface area (Å²) < 4.78 is 1.78. The van der Waals surface area contributed by atoms with Crippen LogP contribution < -0.4 is 0 Å². The molecule has 12 heavy (non-hydrogen) atoms. The maximum absolute atomic E-state index is 10.8. The molecule has 1 N–H and O–H groups in total. The maximum Gasteiger partial charge on any atom is 0.352 e. The summed E-state index contributed by atoms with van der Waals surface area (Å²) in [5.74, 6) is -0.842. The van der Waals surface area contributed by atoms with Crippen molar-refractivity contribution in [1.29, 1.82) is 0 Å². The normalized spacial score (nSPS) is 10.2. The highest BCUT2D eigenvalue weighted by Gasteiger charge is 2.11. The molecule has 1 heterocycles. The van der Waals surface area contributed by atoms with Crippen molar-refractivity contribution in [2.45, 2.75) is 26.8 Å². The average Bonchev–Trinajstić information content (AvgIpc) is 2.32. The number of aromatic nitrogens is 1. The van der Waals surface area contributed by atoms with Gasteiger partial charge in [-0.25, -0.2) is 4.79 Å². The number of carboxylic acids is 1. The summed E-state index contributed by atoms with van der Waals surface area (Å²) in [5.41, 5.74) is 1.24. The van der Waals surface area contributed by atoms with E-state index in [9.17, 15) is 4.79 Å². The molecule has 0 aromatic carbocycles. The molecule has 1 rings (SSSR count). The van der Waals surface area contributed by atoms with Gasteiger partial charge in [-0.15, -0.1) is 0 Å². The van der Waals surface area contributed by atoms with Crippen LogP contribution in [0.25, 0.3) is 0 Å². The first kappa shape index (κ1) is 8.84. The van der Waals surface area contributed by atoms with Gasteiger partial charge in [-0.3, -0.25) is 0 Å². The number of aromatic carboxylic acids is 1. The van der Waals surface area contributed by atoms with E-state index >= 15 is 0 Å². The Morgan fingerprint density at radius 2 is 2.33 bits per heavy atom. The first-order chi connectivity index (χ1) is 5.66. The number of rotatable bonds is 3. The Balaban J connectivity index is 3.04. The summed E-state index contributed by atoms with van der Waals surface area (Å²) in [5, 5.41) is 8.84. The highest BCUT2D eigenvalue weighted by Crippen LogP contribution is 2.10. The lowest BCUT2D eigenvalue weighted by Gasteiger charge is -2.03. The molecular weight excluding hydrogens is 154 g/mol. The van der Waals surface area contributed by atoms with Crippen LogP contribution in [0.5, 0.6) is 0 Å². The Bertz CT molecular complexity index is 289. The fourth-order valence-corrected chi connectivity index (χ4v) is 1.30. The van der Waals surface area contributed by atoms with Gasteiger partial charge in [0.25, 0.3) is 0 Å². The van der Waals surface area contributed by atoms with Gasteiger partial charge >= 0.3 is 5.97 Å². The minimum absolute atomic E-state index is 0.414. The fraction of sp³-hybridized carbons (Fsp3) is 0.444. The Hall–Kier alpha value is -1.25. The lowest BCUT2D eigenvalue weighted by atomic mass is 10.3. The van der Waals surface area contributed by atoms with E-state index in [0.717, 1.165) is 18.5 Å². The van der Waals surface area contributed by atoms with Crippen molar-refractivity contribution in [2.75, 3.05) is 0 Å². The predicted molar refractivity (Wildman–Crippen MR) is 46.4 cm³/mol. The highest BCUT2D eigenvalue weighted by molar-refractivity contribution is 5.87. The topological polar surface area (TPSA) is 42.2 Å². The zero-order chi connectivity index (χ0) is 9.14. The molecule has 0 bridgehead atoms. The van der Waals surface area contributed by atoms with Gasteiger partial charge in [-0.05, 0) is 25.0 Å². The Morgan fingerprint density at radius 3 is 2.83 bits per heavy atom. The van der Waals surface area contributed by atoms with Gasteiger partial charge in [-0.1, -0.05) is 6.92 Å². The third-order valence-corrected chi connectivity index (χ3v) is 1.83. The van der Waals surface area contributed by atoms with Gasteiger partial charge in [-0.2, -0.15) is 0 Å². The van der Waals surface area contributed by atoms with E-state index in [1.54, 1.807) is 4.57 Å². The largest absolute Gasteiger partial charge is 0.477 e. The van der Waals surface area contributed by atoms with Gasteiger partial charge in [0.1, 0.15) is 5.69 Å². The fourth-order valence-electron chi connectivity index (χ4n) is 1.30. The van der Waals surface area contributed by atoms with Crippen molar-refractivity contribution < 1.29 is 9.90 Å². The molecule has 1 aromatic heterocycles. The Morgan fingerprint density at radius 1 is 1.67 bits per heavy atom. The molecule has 0 unspecified atom stereocenters. The molecule has 0 saturated carbocycles. The number of hydrogen-bond acceptors (Lipinski definition) is 1. The molecule has 0 aliphatic heterocycles. The van der Waals surface area contributed by atoms with E-state index in [1.165, 1.54) is 0 Å². The minimum atomic E-state index is -0.842. The average molecular weight is 167 g/mol. The van der Waals surface area contributed by atoms with Crippen LogP contribution in [0.4, 0.5) is 0 Å². The van der Waals surface area contributed by atoms with E-state index in [2.05, 4.69) is 0 Å². The summed E-state index contributed by atoms with van der Waals surface area (Å²) in [7, 11) is 0. The quantitative estimate of drug-likeness (QED) is 0.747. The number of carbonyl (C=O) groups is 1. The number of carboxylic acid groups (broad SMARTS) is 1. The highest BCUT2D eigenvalue weighted by atomic mass is 16.4. The van der Waals surface area contributed by atoms with Crippen molar-refractivity contribution in [2.24, 2.45) is 0 Å². The van der Waals surface area contributed by atoms with Crippen LogP contribution in [-0.2, 0) is 6.54 Å². The summed E-state index contributed by atoms with van der Waals surface area (Å²) in [6, 6.07) is 1.83. The van der Waals surface area contributed by atoms with Crippen LogP contribution in [0.2, 0.25) is 0 Å². The van der Waals surface area contributed by atoms with E-state index in [-0.39, 0.29) is 0 Å². The first-order valence-corrected chi connectivity index (χ1v) is 4.05. The van der Waals surface area contributed by atoms with Crippen LogP contribution in [0.1, 0.15) is 29.4 Å². The molecule has 1 aromatic rings. The standard InChI is InChI=1S/C9H13NO2/c1-3-5-10-6-4-7(2)8(10)9(11)12/h4,6H,3,5H2,1-2H3,(H,11,12). The van der Waals surface area contributed by atoms with Gasteiger partial charge < -0.3 is 9.67 Å². The van der Waals surface area contributed by atoms with Crippen molar-refractivity contribution in [3.05, 3.63) is 23.5 Å². The second-order valence-corrected chi connectivity index (χ2v) is 2.85. The van der Waals surface area contributed by atoms with E-state index in [0.29, 0.717) is 5.69 Å². The predicted octanol–water partition coefficient (Wildman–Crippen LogP) is 1.90. The zero-order valence-electron chi connectivity index (χ0n) is 7.37. The molecule has 0 radical (unpaired) electrons. The summed E-state index contributed by atoms with van der Waals surface area (Å²) in [6.07, 6.45) is 2.77. The van der Waals surface area contributed by atoms with Crippen molar-refractivity contribution in [3.63, 3.8) is 0 Å². The van der Waals surface area contributed by atoms with Crippen LogP contribution in [0.3, 0.4) is 0 Å². The molecule has 0 spiro atoms. The molecule has 3 heteroatoms. The number of nitrogens with zero attached hydrogens (tertiary/aromatic N) is 1. The molecule has 0 atom stereocenters. The second-order valence-electron chi connectivity index (χ2n) is 2.85. The van der Waals surface area contributed by atoms with Crippen molar-refractivity contribution in [1.82, 2.24) is 4.57 Å². The third-order valence-electron chi connectivity index (χ3n) is 1.83. The van der Waals surface area contributed by atoms with Crippen LogP contribution in [0.15, 0.2) is 12.3 Å². The molecule has 0 aliphatic rings. The van der Waals surface area contributed by atoms with Gasteiger partial charge in [0.15, 0.2) is 0 Å². The summed E-state index contributed by atoms with van der Waals surface area (Å²) in [4.78, 5) is 10.8. The van der Waals surface area contributed by atoms with E-state index in [4.69, 9.17) is 5.11 Å². The third kappa shape index (κ3) is 1.49. The monoisotopic (exact) mass is 167 g/mol. The smallest absolute Gasteiger partial charge is 0.352 e. The number of hydrogen-bond donors (Lipinski definition) is 1. The molecule has 3 nitrogen and oxygen atoms in total. The lowest BCUT2D eigenvalue weighted by Crippen LogP contribution is -2.08. The van der Waals surface area contributed by atoms with Crippen LogP contribution in [-0.4, -0.2) is 15.6 Å².